The number of hydrogen-bond donors (Lipinski definition) is 5. The van der Waals surface area contributed by atoms with E-state index in [1.807, 2.05) is 55.5 Å². The number of aromatic amines is 1. The Hall–Kier alpha value is -2.77. The van der Waals surface area contributed by atoms with E-state index in [2.05, 4.69) is 22.9 Å². The van der Waals surface area contributed by atoms with Gasteiger partial charge in [-0.1, -0.05) is 48.0 Å². The van der Waals surface area contributed by atoms with E-state index < -0.39 is 12.0 Å². The van der Waals surface area contributed by atoms with Crippen LogP contribution in [0, 0.1) is 6.92 Å². The summed E-state index contributed by atoms with van der Waals surface area (Å²) < 4.78 is 0. The molecule has 1 heterocycles. The number of amides is 1. The number of hydrogen-bond acceptors (Lipinski definition) is 4. The van der Waals surface area contributed by atoms with Gasteiger partial charge in [0.15, 0.2) is 0 Å². The second kappa shape index (κ2) is 11.3. The van der Waals surface area contributed by atoms with Gasteiger partial charge in [-0.25, -0.2) is 4.79 Å². The van der Waals surface area contributed by atoms with Crippen molar-refractivity contribution in [3.8, 4) is 0 Å². The van der Waals surface area contributed by atoms with Crippen molar-refractivity contribution in [3.63, 3.8) is 0 Å². The van der Waals surface area contributed by atoms with E-state index in [1.54, 1.807) is 6.20 Å². The highest BCUT2D eigenvalue weighted by atomic mass is 32.1. The number of benzene rings is 2. The molecule has 154 valence electrons. The lowest BCUT2D eigenvalue weighted by Gasteiger charge is -2.13. The van der Waals surface area contributed by atoms with Crippen molar-refractivity contribution in [1.29, 1.82) is 0 Å². The predicted molar refractivity (Wildman–Crippen MR) is 117 cm³/mol. The van der Waals surface area contributed by atoms with Crippen LogP contribution in [0.1, 0.15) is 23.1 Å². The Morgan fingerprint density at radius 2 is 1.83 bits per heavy atom. The number of aryl methyl sites for hydroxylation is 1. The van der Waals surface area contributed by atoms with Crippen LogP contribution in [-0.2, 0) is 22.6 Å². The summed E-state index contributed by atoms with van der Waals surface area (Å²) in [4.78, 5) is 25.9. The lowest BCUT2D eigenvalue weighted by atomic mass is 10.0. The molecule has 7 heteroatoms. The van der Waals surface area contributed by atoms with Crippen LogP contribution >= 0.6 is 12.6 Å². The number of H-pyrrole nitrogens is 1. The second-order valence-corrected chi connectivity index (χ2v) is 7.09. The minimum Gasteiger partial charge on any atom is -0.480 e. The smallest absolute Gasteiger partial charge is 0.326 e. The van der Waals surface area contributed by atoms with E-state index in [1.165, 1.54) is 5.56 Å². The quantitative estimate of drug-likeness (QED) is 0.383. The minimum absolute atomic E-state index is 0.139. The molecule has 3 aromatic rings. The Balaban J connectivity index is 0.000000278. The van der Waals surface area contributed by atoms with Gasteiger partial charge in [0.05, 0.1) is 6.61 Å². The number of aliphatic hydroxyl groups excluding tert-OH is 1. The Morgan fingerprint density at radius 1 is 1.14 bits per heavy atom. The summed E-state index contributed by atoms with van der Waals surface area (Å²) in [6, 6.07) is 14.6. The summed E-state index contributed by atoms with van der Waals surface area (Å²) in [6.45, 7) is 2.17. The van der Waals surface area contributed by atoms with Gasteiger partial charge >= 0.3 is 5.97 Å². The molecule has 1 aromatic heterocycles. The third-order valence-electron chi connectivity index (χ3n) is 4.37. The second-order valence-electron chi connectivity index (χ2n) is 6.64. The Bertz CT molecular complexity index is 937. The molecule has 29 heavy (non-hydrogen) atoms. The van der Waals surface area contributed by atoms with E-state index in [-0.39, 0.29) is 25.4 Å². The molecule has 2 aromatic carbocycles. The topological polar surface area (TPSA) is 102 Å². The molecular weight excluding hydrogens is 388 g/mol. The van der Waals surface area contributed by atoms with E-state index >= 15 is 0 Å². The van der Waals surface area contributed by atoms with Gasteiger partial charge < -0.3 is 20.5 Å². The molecule has 1 atom stereocenters. The van der Waals surface area contributed by atoms with Crippen LogP contribution in [0.25, 0.3) is 10.9 Å². The number of para-hydroxylation sites is 1. The molecule has 0 saturated carbocycles. The van der Waals surface area contributed by atoms with E-state index in [0.29, 0.717) is 5.75 Å². The van der Waals surface area contributed by atoms with Crippen molar-refractivity contribution < 1.29 is 19.8 Å². The molecule has 0 unspecified atom stereocenters. The van der Waals surface area contributed by atoms with Gasteiger partial charge in [0.2, 0.25) is 5.91 Å². The van der Waals surface area contributed by atoms with Crippen molar-refractivity contribution in [2.24, 2.45) is 0 Å². The van der Waals surface area contributed by atoms with Crippen LogP contribution < -0.4 is 5.32 Å². The average molecular weight is 415 g/mol. The van der Waals surface area contributed by atoms with E-state index in [0.717, 1.165) is 22.0 Å². The summed E-state index contributed by atoms with van der Waals surface area (Å²) in [5.41, 5.74) is 4.03. The fraction of sp³-hybridized carbons (Fsp3) is 0.273. The number of aromatic nitrogens is 1. The van der Waals surface area contributed by atoms with Gasteiger partial charge in [0.25, 0.3) is 0 Å². The zero-order chi connectivity index (χ0) is 21.2. The van der Waals surface area contributed by atoms with Crippen LogP contribution in [-0.4, -0.2) is 38.9 Å². The molecule has 1 amide bonds. The first-order chi connectivity index (χ1) is 13.9. The number of thiol groups is 1. The highest BCUT2D eigenvalue weighted by Crippen LogP contribution is 2.19. The standard InChI is InChI=1S/C14H16N2O3S.C8H10O/c17-13(5-6-20)16-12(14(18)19)7-9-8-15-11-4-2-1-3-10(9)11;1-7-2-4-8(6-9)5-3-7/h1-4,8,12,15,20H,5-7H2,(H,16,17)(H,18,19);2-5,9H,6H2,1H3/t12-;/m0./s1. The summed E-state index contributed by atoms with van der Waals surface area (Å²) in [6.07, 6.45) is 2.24. The first-order valence-corrected chi connectivity index (χ1v) is 9.92. The SMILES string of the molecule is Cc1ccc(CO)cc1.O=C(CCS)N[C@@H](Cc1c[nH]c2ccccc12)C(=O)O. The fourth-order valence-electron chi connectivity index (χ4n) is 2.78. The number of aliphatic carboxylic acids is 1. The van der Waals surface area contributed by atoms with Crippen LogP contribution in [0.2, 0.25) is 0 Å². The normalized spacial score (nSPS) is 11.4. The third kappa shape index (κ3) is 6.96. The number of carboxylic acid groups (broad SMARTS) is 1. The van der Waals surface area contributed by atoms with Crippen molar-refractivity contribution in [3.05, 3.63) is 71.4 Å². The molecule has 0 aliphatic rings. The lowest BCUT2D eigenvalue weighted by molar-refractivity contribution is -0.141. The third-order valence-corrected chi connectivity index (χ3v) is 4.60. The maximum absolute atomic E-state index is 11.5. The molecule has 0 saturated heterocycles. The Labute approximate surface area is 175 Å². The number of nitrogens with one attached hydrogen (secondary N) is 2. The molecular formula is C22H26N2O4S. The number of fused-ring (bicyclic) bond motifs is 1. The van der Waals surface area contributed by atoms with Crippen LogP contribution in [0.3, 0.4) is 0 Å². The molecule has 0 spiro atoms. The highest BCUT2D eigenvalue weighted by molar-refractivity contribution is 7.80. The fourth-order valence-corrected chi connectivity index (χ4v) is 2.99. The predicted octanol–water partition coefficient (Wildman–Crippen LogP) is 3.09. The van der Waals surface area contributed by atoms with Crippen molar-refractivity contribution >= 4 is 35.4 Å². The van der Waals surface area contributed by atoms with Gasteiger partial charge in [0.1, 0.15) is 6.04 Å². The molecule has 0 fully saturated rings. The Kier molecular flexibility index (Phi) is 8.76. The van der Waals surface area contributed by atoms with Gasteiger partial charge in [0, 0.05) is 29.9 Å². The van der Waals surface area contributed by atoms with Gasteiger partial charge in [-0.3, -0.25) is 4.79 Å². The number of carbonyl (C=O) groups is 2. The van der Waals surface area contributed by atoms with Gasteiger partial charge in [-0.15, -0.1) is 0 Å². The number of carboxylic acids is 1. The summed E-state index contributed by atoms with van der Waals surface area (Å²) in [5.74, 6) is -0.944. The molecule has 3 rings (SSSR count). The molecule has 0 aliphatic carbocycles. The van der Waals surface area contributed by atoms with Crippen molar-refractivity contribution in [1.82, 2.24) is 10.3 Å². The molecule has 0 aliphatic heterocycles. The minimum atomic E-state index is -1.04. The average Bonchev–Trinajstić information content (AvgIpc) is 3.12. The summed E-state index contributed by atoms with van der Waals surface area (Å²) >= 11 is 3.96. The zero-order valence-electron chi connectivity index (χ0n) is 16.3. The molecule has 6 nitrogen and oxygen atoms in total. The van der Waals surface area contributed by atoms with Gasteiger partial charge in [-0.2, -0.15) is 12.6 Å². The number of aliphatic hydroxyl groups is 1. The first-order valence-electron chi connectivity index (χ1n) is 9.29. The summed E-state index contributed by atoms with van der Waals surface area (Å²) in [5, 5.41) is 21.3. The van der Waals surface area contributed by atoms with Crippen molar-refractivity contribution in [2.75, 3.05) is 5.75 Å². The number of rotatable bonds is 7. The molecule has 0 bridgehead atoms. The Morgan fingerprint density at radius 3 is 2.45 bits per heavy atom. The monoisotopic (exact) mass is 414 g/mol. The molecule has 0 radical (unpaired) electrons. The van der Waals surface area contributed by atoms with E-state index in [9.17, 15) is 14.7 Å². The van der Waals surface area contributed by atoms with Crippen molar-refractivity contribution in [2.45, 2.75) is 32.4 Å². The molecule has 4 N–H and O–H groups in total. The summed E-state index contributed by atoms with van der Waals surface area (Å²) in [7, 11) is 0. The highest BCUT2D eigenvalue weighted by Gasteiger charge is 2.21. The largest absolute Gasteiger partial charge is 0.480 e. The van der Waals surface area contributed by atoms with Crippen LogP contribution in [0.4, 0.5) is 0 Å². The van der Waals surface area contributed by atoms with Gasteiger partial charge in [-0.05, 0) is 29.9 Å². The maximum atomic E-state index is 11.5. The maximum Gasteiger partial charge on any atom is 0.326 e. The van der Waals surface area contributed by atoms with E-state index in [4.69, 9.17) is 5.11 Å². The first kappa shape index (κ1) is 22.5. The lowest BCUT2D eigenvalue weighted by Crippen LogP contribution is -2.42. The van der Waals surface area contributed by atoms with Crippen LogP contribution in [0.15, 0.2) is 54.7 Å². The number of carbonyl (C=O) groups excluding carboxylic acids is 1. The van der Waals surface area contributed by atoms with Crippen LogP contribution in [0.5, 0.6) is 0 Å². The zero-order valence-corrected chi connectivity index (χ0v) is 17.2.